The fraction of sp³-hybridized carbons (Fsp3) is 0.479. The van der Waals surface area contributed by atoms with Gasteiger partial charge in [0.25, 0.3) is 5.91 Å². The van der Waals surface area contributed by atoms with E-state index >= 15 is 0 Å². The number of urea groups is 1. The van der Waals surface area contributed by atoms with E-state index in [4.69, 9.17) is 38.5 Å². The van der Waals surface area contributed by atoms with Gasteiger partial charge in [-0.1, -0.05) is 85.8 Å². The van der Waals surface area contributed by atoms with Crippen molar-refractivity contribution in [1.82, 2.24) is 99.8 Å². The number of hydrogen-bond acceptors (Lipinski definition) is 27. The van der Waals surface area contributed by atoms with Gasteiger partial charge in [0, 0.05) is 73.0 Å². The van der Waals surface area contributed by atoms with E-state index in [-0.39, 0.29) is 128 Å². The monoisotopic (exact) mass is 1960 g/mol. The summed E-state index contributed by atoms with van der Waals surface area (Å²) in [7, 11) is 1.56. The Hall–Kier alpha value is -14.1. The summed E-state index contributed by atoms with van der Waals surface area (Å²) in [5.41, 5.74) is 33.5. The van der Waals surface area contributed by atoms with Crippen LogP contribution in [0.4, 0.5) is 20.1 Å². The number of anilines is 1. The molecule has 6 aromatic rings. The summed E-state index contributed by atoms with van der Waals surface area (Å²) in [6.45, 7) is 7.47. The van der Waals surface area contributed by atoms with E-state index in [1.807, 2.05) is 62.4 Å². The molecule has 29 N–H and O–H groups in total. The molecule has 45 nitrogen and oxygen atoms in total. The molecule has 1 saturated heterocycles. The first-order chi connectivity index (χ1) is 66.8. The second-order valence-corrected chi connectivity index (χ2v) is 35.9. The minimum atomic E-state index is -1.78. The van der Waals surface area contributed by atoms with E-state index in [1.165, 1.54) is 35.5 Å². The molecule has 12 atom stereocenters. The lowest BCUT2D eigenvalue weighted by Gasteiger charge is -2.42. The number of carbonyl (C=O) groups excluding carboxylic acids is 17. The first kappa shape index (κ1) is 111. The van der Waals surface area contributed by atoms with Crippen LogP contribution in [0.5, 0.6) is 0 Å². The number of aryl methyl sites for hydroxylation is 2. The molecule has 18 amide bonds. The Kier molecular flexibility index (Phi) is 44.1. The number of nitrogens with zero attached hydrogens (tertiary/aromatic N) is 3. The minimum Gasteiger partial charge on any atom is -0.445 e. The van der Waals surface area contributed by atoms with Crippen LogP contribution in [0.3, 0.4) is 0 Å². The summed E-state index contributed by atoms with van der Waals surface area (Å²) in [5, 5.41) is 71.2. The number of aliphatic hydroxyl groups excluding tert-OH is 2. The summed E-state index contributed by atoms with van der Waals surface area (Å²) in [4.78, 5) is 241. The van der Waals surface area contributed by atoms with E-state index in [9.17, 15) is 91.7 Å². The van der Waals surface area contributed by atoms with Gasteiger partial charge >= 0.3 is 18.2 Å². The lowest BCUT2D eigenvalue weighted by atomic mass is 9.76. The molecule has 1 saturated carbocycles. The molecule has 758 valence electrons. The third-order valence-corrected chi connectivity index (χ3v) is 24.0. The molecule has 140 heavy (non-hydrogen) atoms. The van der Waals surface area contributed by atoms with E-state index < -0.39 is 199 Å². The van der Waals surface area contributed by atoms with E-state index in [0.717, 1.165) is 29.4 Å². The first-order valence-electron chi connectivity index (χ1n) is 46.4. The van der Waals surface area contributed by atoms with Gasteiger partial charge in [-0.05, 0) is 214 Å². The number of carbonyl (C=O) groups is 17. The summed E-state index contributed by atoms with van der Waals surface area (Å²) >= 11 is 1.36. The van der Waals surface area contributed by atoms with Crippen LogP contribution in [0.25, 0.3) is 23.1 Å². The molecule has 4 aromatic carbocycles. The highest BCUT2D eigenvalue weighted by Gasteiger charge is 2.42. The van der Waals surface area contributed by atoms with E-state index in [2.05, 4.69) is 95.4 Å². The van der Waals surface area contributed by atoms with Crippen molar-refractivity contribution < 1.29 is 96.5 Å². The number of primary amides is 1. The van der Waals surface area contributed by atoms with Gasteiger partial charge in [-0.15, -0.1) is 0 Å². The number of nitrogens with one attached hydrogen (secondary N) is 17. The average molecular weight is 1960 g/mol. The molecule has 2 aromatic heterocycles. The maximum atomic E-state index is 14.7. The summed E-state index contributed by atoms with van der Waals surface area (Å²) in [5.74, 6) is -12.5. The normalized spacial score (nSPS) is 18.9. The lowest BCUT2D eigenvalue weighted by Crippen LogP contribution is -2.61. The molecule has 2 aliphatic rings. The fourth-order valence-corrected chi connectivity index (χ4v) is 16.1. The number of ether oxygens (including phenoxy) is 1. The molecule has 0 radical (unpaired) electrons. The van der Waals surface area contributed by atoms with Crippen molar-refractivity contribution >= 4 is 141 Å². The van der Waals surface area contributed by atoms with Crippen molar-refractivity contribution in [2.45, 2.75) is 232 Å². The average Bonchev–Trinajstić information content (AvgIpc) is 1.64. The standard InChI is InChI=1S/C94H131N25O20S/c1-52(2)44-71-87(132)110-66(31-38-95)82(127)109-69(34-41-98)86(131)116-78(55(5)120)89(134)101-43-35-70(85(130)108-67(32-39-96)84(129)114-72(88(133)113-71)46-57-14-9-8-10-15-57)111-83(128)68(33-40-97)112-90(135)79(56(6)121)115-76(123)18-11-17-75(122)104-49-77(124)107-65(16-12-42-102-91(99)136)81(126)106-60-24-21-58(22-25-60)50-139-93(138)105-51-94(36-13-37-94)117-92(137)119-73-47-61(140-74-30-20-53(3)45-63(74)80(125)100-7)27-28-62(73)64(118-119)29-26-59-23-19-54(4)48-103-59/h8-10,14-15,19-30,45,47-48,52,55-56,65-72,78-79,120-121H,11-13,16-18,31-44,46,49-51,95-98H2,1-7H3,(H,100,125)(H,101,134)(H,104,122)(H,105,138)(H,106,126)(H,107,124)(H,108,130)(H,109,127)(H,110,132)(H,111,128)(H,112,135)(H,113,133)(H,114,129)(H,115,123)(H,116,131)(H,117,137)(H3,99,102,136)/b29-26+/t55-,56+,65?,66-,67?,68-,69-,70+,71-,72-,78?,79+/m1/s1. The molecular formula is C94H131N25O20S. The molecule has 0 bridgehead atoms. The Morgan fingerprint density at radius 2 is 1.24 bits per heavy atom. The van der Waals surface area contributed by atoms with Crippen LogP contribution in [0.15, 0.2) is 119 Å². The molecule has 2 fully saturated rings. The number of fused-ring (bicyclic) bond motifs is 1. The molecule has 46 heteroatoms. The van der Waals surface area contributed by atoms with Crippen LogP contribution in [-0.2, 0) is 80.1 Å². The number of aliphatic hydroxyl groups is 2. The highest BCUT2D eigenvalue weighted by Crippen LogP contribution is 2.36. The van der Waals surface area contributed by atoms with Gasteiger partial charge in [0.2, 0.25) is 76.8 Å². The van der Waals surface area contributed by atoms with E-state index in [0.29, 0.717) is 56.7 Å². The highest BCUT2D eigenvalue weighted by molar-refractivity contribution is 7.99. The molecule has 3 heterocycles. The highest BCUT2D eigenvalue weighted by atomic mass is 32.2. The van der Waals surface area contributed by atoms with E-state index in [1.54, 1.807) is 81.7 Å². The van der Waals surface area contributed by atoms with Crippen LogP contribution >= 0.6 is 11.8 Å². The molecular weight excluding hydrogens is 1830 g/mol. The van der Waals surface area contributed by atoms with Gasteiger partial charge in [0.1, 0.15) is 67.0 Å². The van der Waals surface area contributed by atoms with Crippen LogP contribution in [0, 0.1) is 19.8 Å². The predicted molar refractivity (Wildman–Crippen MR) is 518 cm³/mol. The number of aromatic nitrogens is 3. The first-order valence-corrected chi connectivity index (χ1v) is 47.2. The van der Waals surface area contributed by atoms with Gasteiger partial charge in [-0.2, -0.15) is 9.78 Å². The minimum absolute atomic E-state index is 0.00761. The molecule has 1 aliphatic heterocycles. The number of alkyl carbamates (subject to hydrolysis) is 1. The third-order valence-electron chi connectivity index (χ3n) is 22.9. The van der Waals surface area contributed by atoms with Crippen molar-refractivity contribution in [2.24, 2.45) is 34.6 Å². The van der Waals surface area contributed by atoms with Crippen molar-refractivity contribution in [2.75, 3.05) is 64.7 Å². The summed E-state index contributed by atoms with van der Waals surface area (Å²) < 4.78 is 6.86. The largest absolute Gasteiger partial charge is 0.445 e. The number of pyridine rings is 1. The Balaban J connectivity index is 0.850. The Morgan fingerprint density at radius 3 is 1.84 bits per heavy atom. The zero-order valence-corrected chi connectivity index (χ0v) is 80.2. The van der Waals surface area contributed by atoms with Crippen LogP contribution in [0.2, 0.25) is 0 Å². The van der Waals surface area contributed by atoms with Gasteiger partial charge in [0.15, 0.2) is 0 Å². The third kappa shape index (κ3) is 35.1. The van der Waals surface area contributed by atoms with Crippen LogP contribution in [-0.4, -0.2) is 263 Å². The Bertz CT molecular complexity index is 5350. The smallest absolute Gasteiger partial charge is 0.407 e. The topological polar surface area (TPSA) is 705 Å². The number of benzene rings is 4. The number of amides is 18. The Morgan fingerprint density at radius 1 is 0.614 bits per heavy atom. The molecule has 3 unspecified atom stereocenters. The number of hydrogen-bond donors (Lipinski definition) is 24. The Labute approximate surface area is 813 Å². The van der Waals surface area contributed by atoms with Crippen molar-refractivity contribution in [3.8, 4) is 0 Å². The maximum absolute atomic E-state index is 14.7. The summed E-state index contributed by atoms with van der Waals surface area (Å²) in [6.07, 6.45) is 0.526. The van der Waals surface area contributed by atoms with Crippen molar-refractivity contribution in [1.29, 1.82) is 0 Å². The van der Waals surface area contributed by atoms with Crippen LogP contribution < -0.4 is 119 Å². The summed E-state index contributed by atoms with van der Waals surface area (Å²) in [6, 6.07) is 12.9. The lowest BCUT2D eigenvalue weighted by molar-refractivity contribution is -0.136. The van der Waals surface area contributed by atoms with Crippen molar-refractivity contribution in [3.63, 3.8) is 0 Å². The van der Waals surface area contributed by atoms with Gasteiger partial charge in [-0.25, -0.2) is 14.4 Å². The zero-order chi connectivity index (χ0) is 102. The number of nitrogens with two attached hydrogens (primary N) is 5. The quantitative estimate of drug-likeness (QED) is 0.0196. The SMILES string of the molecule is CNC(=O)c1cc(C)ccc1Sc1ccc2c(/C=C/c3ccc(C)cn3)nn(C(=O)NC3(CNC(=O)OCc4ccc(NC(=O)C(CCCNC(N)=O)NC(=O)CNC(=O)CCCC(=O)N[C@H](C(=O)N[C@H](CCN)C(=O)N[C@H]5CCNC(=O)C([C@@H](C)O)NC(=O)[C@@H](CCN)NC(=O)[C@@H](CCN)NC(=O)[C@@H](CC(C)C)NC(=O)[C@@H](Cc6ccccc6)NC(=O)C(CCN)NC5=O)[C@H](C)O)cc4)CCC3)c2c1. The van der Waals surface area contributed by atoms with Crippen LogP contribution in [0.1, 0.15) is 162 Å². The second-order valence-electron chi connectivity index (χ2n) is 34.8. The van der Waals surface area contributed by atoms with Crippen molar-refractivity contribution in [3.05, 3.63) is 149 Å². The predicted octanol–water partition coefficient (Wildman–Crippen LogP) is -1.38. The molecule has 8 rings (SSSR count). The molecule has 0 spiro atoms. The maximum Gasteiger partial charge on any atom is 0.407 e. The van der Waals surface area contributed by atoms with Gasteiger partial charge in [0.05, 0.1) is 46.8 Å². The molecule has 1 aliphatic carbocycles. The number of rotatable bonds is 42. The fourth-order valence-electron chi connectivity index (χ4n) is 15.1. The van der Waals surface area contributed by atoms with Gasteiger partial charge < -0.3 is 134 Å². The van der Waals surface area contributed by atoms with Gasteiger partial charge in [-0.3, -0.25) is 72.1 Å². The second kappa shape index (κ2) is 55.5. The zero-order valence-electron chi connectivity index (χ0n) is 79.4.